The third-order valence-corrected chi connectivity index (χ3v) is 6.41. The summed E-state index contributed by atoms with van der Waals surface area (Å²) in [7, 11) is 0. The first-order valence-corrected chi connectivity index (χ1v) is 12.3. The summed E-state index contributed by atoms with van der Waals surface area (Å²) in [6, 6.07) is 28.1. The number of carbonyl (C=O) groups is 3. The van der Waals surface area contributed by atoms with Crippen molar-refractivity contribution in [3.05, 3.63) is 143 Å². The molecule has 11 heteroatoms. The zero-order chi connectivity index (χ0) is 29.1. The molecule has 42 heavy (non-hydrogen) atoms. The molecule has 7 nitrogen and oxygen atoms in total. The first-order valence-electron chi connectivity index (χ1n) is 12.3. The zero-order valence-corrected chi connectivity index (χ0v) is 22.4. The number of nitrogens with zero attached hydrogens (tertiary/aromatic N) is 3. The summed E-state index contributed by atoms with van der Waals surface area (Å²) in [5, 5.41) is 17.8. The Hall–Kier alpha value is -4.86. The van der Waals surface area contributed by atoms with Gasteiger partial charge in [0.1, 0.15) is 0 Å². The molecule has 2 amide bonds. The van der Waals surface area contributed by atoms with Gasteiger partial charge in [-0.05, 0) is 23.3 Å². The monoisotopic (exact) mass is 618 g/mol. The summed E-state index contributed by atoms with van der Waals surface area (Å²) in [6.07, 6.45) is -5.36. The number of fused-ring (bicyclic) bond motifs is 1. The van der Waals surface area contributed by atoms with Gasteiger partial charge in [-0.3, -0.25) is 19.3 Å². The number of Topliss-reactive ketones (excluding diaryl/α,β-unsaturated/α-hetero) is 1. The molecule has 1 N–H and O–H groups in total. The number of amides is 2. The smallest absolute Gasteiger partial charge is 0.505 e. The molecular weight excluding hydrogens is 599 g/mol. The number of rotatable bonds is 7. The number of allylic oxidation sites excluding steroid dienone is 1. The second kappa shape index (κ2) is 12.3. The van der Waals surface area contributed by atoms with Gasteiger partial charge in [0.15, 0.2) is 11.5 Å². The Kier molecular flexibility index (Phi) is 8.84. The summed E-state index contributed by atoms with van der Waals surface area (Å²) >= 11 is 0. The Labute approximate surface area is 248 Å². The first kappa shape index (κ1) is 30.1. The number of aliphatic hydroxyl groups is 1. The number of alkyl halides is 3. The third kappa shape index (κ3) is 5.79. The normalized spacial score (nSPS) is 13.7. The number of hydrogen-bond donors (Lipinski definition) is 1. The van der Waals surface area contributed by atoms with E-state index in [9.17, 15) is 32.7 Å². The van der Waals surface area contributed by atoms with Crippen molar-refractivity contribution >= 4 is 29.0 Å². The van der Waals surface area contributed by atoms with E-state index in [0.717, 1.165) is 4.90 Å². The van der Waals surface area contributed by atoms with Gasteiger partial charge in [0.25, 0.3) is 17.6 Å². The predicted molar refractivity (Wildman–Crippen MR) is 143 cm³/mol. The Balaban J connectivity index is 0.00000405. The van der Waals surface area contributed by atoms with Gasteiger partial charge in [-0.2, -0.15) is 13.2 Å². The van der Waals surface area contributed by atoms with Crippen LogP contribution >= 0.6 is 0 Å². The van der Waals surface area contributed by atoms with E-state index in [1.807, 2.05) is 0 Å². The summed E-state index contributed by atoms with van der Waals surface area (Å²) in [4.78, 5) is 40.6. The molecule has 1 heterocycles. The van der Waals surface area contributed by atoms with E-state index in [1.54, 1.807) is 66.7 Å². The van der Waals surface area contributed by atoms with Gasteiger partial charge in [-0.15, -0.1) is 10.2 Å². The van der Waals surface area contributed by atoms with Crippen LogP contribution in [0.3, 0.4) is 0 Å². The van der Waals surface area contributed by atoms with E-state index in [0.29, 0.717) is 11.1 Å². The van der Waals surface area contributed by atoms with Gasteiger partial charge >= 0.3 is 23.2 Å². The van der Waals surface area contributed by atoms with Gasteiger partial charge in [0.2, 0.25) is 0 Å². The van der Waals surface area contributed by atoms with Crippen LogP contribution in [0, 0.1) is 0 Å². The van der Waals surface area contributed by atoms with Crippen LogP contribution in [-0.4, -0.2) is 33.8 Å². The quantitative estimate of drug-likeness (QED) is 0.0778. The van der Waals surface area contributed by atoms with Crippen LogP contribution in [0.5, 0.6) is 0 Å². The molecule has 4 aromatic rings. The topological polar surface area (TPSA) is 99.4 Å². The van der Waals surface area contributed by atoms with E-state index >= 15 is 0 Å². The predicted octanol–water partition coefficient (Wildman–Crippen LogP) is 7.21. The molecule has 0 saturated carbocycles. The number of halogens is 3. The maximum Gasteiger partial charge on any atom is 2.00 e. The molecule has 4 aromatic carbocycles. The molecule has 0 spiro atoms. The van der Waals surface area contributed by atoms with Gasteiger partial charge in [0, 0.05) is 5.56 Å². The van der Waals surface area contributed by atoms with Crippen LogP contribution < -0.4 is 0 Å². The van der Waals surface area contributed by atoms with Crippen molar-refractivity contribution in [2.75, 3.05) is 0 Å². The molecule has 0 atom stereocenters. The number of carbonyl (C=O) groups excluding carboxylic acids is 3. The van der Waals surface area contributed by atoms with Crippen LogP contribution in [0.2, 0.25) is 0 Å². The Bertz CT molecular complexity index is 1650. The van der Waals surface area contributed by atoms with Crippen LogP contribution in [0.15, 0.2) is 125 Å². The number of ketones is 1. The number of benzene rings is 4. The SMILES string of the molecule is O=C1c2cccc(N=N/C(C(=O)C(F)(F)F)=C(\O)c3ccccc3)c2C(=O)N1C(c1ccccc1)c1ccccc1.[Cu+2]. The van der Waals surface area contributed by atoms with E-state index < -0.39 is 41.3 Å². The first-order chi connectivity index (χ1) is 19.7. The van der Waals surface area contributed by atoms with Crippen molar-refractivity contribution in [3.8, 4) is 0 Å². The second-order valence-electron chi connectivity index (χ2n) is 8.99. The Morgan fingerprint density at radius 2 is 1.26 bits per heavy atom. The number of azo groups is 1. The molecule has 5 rings (SSSR count). The molecule has 0 unspecified atom stereocenters. The minimum atomic E-state index is -5.36. The number of imide groups is 1. The van der Waals surface area contributed by atoms with Gasteiger partial charge < -0.3 is 5.11 Å². The summed E-state index contributed by atoms with van der Waals surface area (Å²) in [6.45, 7) is 0. The van der Waals surface area contributed by atoms with Crippen molar-refractivity contribution in [3.63, 3.8) is 0 Å². The van der Waals surface area contributed by atoms with E-state index in [2.05, 4.69) is 10.2 Å². The summed E-state index contributed by atoms with van der Waals surface area (Å²) in [5.41, 5.74) is -0.587. The molecule has 213 valence electrons. The van der Waals surface area contributed by atoms with Crippen molar-refractivity contribution in [1.29, 1.82) is 0 Å². The van der Waals surface area contributed by atoms with E-state index in [-0.39, 0.29) is 39.4 Å². The molecule has 1 aliphatic rings. The fraction of sp³-hybridized carbons (Fsp3) is 0.0645. The van der Waals surface area contributed by atoms with Crippen molar-refractivity contribution in [2.45, 2.75) is 12.2 Å². The summed E-state index contributed by atoms with van der Waals surface area (Å²) in [5.74, 6) is -4.83. The van der Waals surface area contributed by atoms with Crippen molar-refractivity contribution < 1.29 is 49.7 Å². The zero-order valence-electron chi connectivity index (χ0n) is 21.4. The third-order valence-electron chi connectivity index (χ3n) is 6.41. The molecule has 1 radical (unpaired) electrons. The van der Waals surface area contributed by atoms with Gasteiger partial charge in [0.05, 0.1) is 22.9 Å². The standard InChI is InChI=1S/C31H20F3N3O4.Cu/c32-31(33,34)28(39)25(27(38)21-15-8-3-9-16-21)36-35-23-18-10-17-22-24(23)30(41)37(29(22)40)26(19-11-4-1-5-12-19)20-13-6-2-7-14-20;/h1-18,26,38H;/q;+2/b27-25-,36-35?;. The van der Waals surface area contributed by atoms with Crippen molar-refractivity contribution in [2.24, 2.45) is 10.2 Å². The molecule has 0 saturated heterocycles. The van der Waals surface area contributed by atoms with Crippen LogP contribution in [0.1, 0.15) is 43.4 Å². The number of aliphatic hydroxyl groups excluding tert-OH is 1. The minimum absolute atomic E-state index is 0. The van der Waals surface area contributed by atoms with Gasteiger partial charge in [-0.1, -0.05) is 97.1 Å². The van der Waals surface area contributed by atoms with Gasteiger partial charge in [-0.25, -0.2) is 0 Å². The minimum Gasteiger partial charge on any atom is -0.505 e. The molecule has 0 bridgehead atoms. The fourth-order valence-electron chi connectivity index (χ4n) is 4.54. The van der Waals surface area contributed by atoms with E-state index in [4.69, 9.17) is 0 Å². The van der Waals surface area contributed by atoms with Crippen LogP contribution in [0.25, 0.3) is 5.76 Å². The maximum absolute atomic E-state index is 13.8. The molecule has 0 aromatic heterocycles. The Morgan fingerprint density at radius 1 is 0.738 bits per heavy atom. The number of hydrogen-bond acceptors (Lipinski definition) is 6. The molecule has 0 fully saturated rings. The molecule has 1 aliphatic heterocycles. The largest absolute Gasteiger partial charge is 2.00 e. The van der Waals surface area contributed by atoms with Crippen LogP contribution in [0.4, 0.5) is 18.9 Å². The van der Waals surface area contributed by atoms with E-state index in [1.165, 1.54) is 42.5 Å². The van der Waals surface area contributed by atoms with Crippen molar-refractivity contribution in [1.82, 2.24) is 4.90 Å². The maximum atomic E-state index is 13.8. The fourth-order valence-corrected chi connectivity index (χ4v) is 4.54. The average molecular weight is 619 g/mol. The van der Waals surface area contributed by atoms with Crippen LogP contribution in [-0.2, 0) is 21.9 Å². The Morgan fingerprint density at radius 3 is 1.79 bits per heavy atom. The second-order valence-corrected chi connectivity index (χ2v) is 8.99. The molecule has 0 aliphatic carbocycles. The molecular formula is C31H20CuF3N3O4+2. The summed E-state index contributed by atoms with van der Waals surface area (Å²) < 4.78 is 40.2. The average Bonchev–Trinajstić information content (AvgIpc) is 3.24.